The van der Waals surface area contributed by atoms with Gasteiger partial charge in [0.25, 0.3) is 11.8 Å². The molecule has 6 nitrogen and oxygen atoms in total. The predicted octanol–water partition coefficient (Wildman–Crippen LogP) is 4.89. The Morgan fingerprint density at radius 3 is 2.21 bits per heavy atom. The van der Waals surface area contributed by atoms with Gasteiger partial charge in [0.2, 0.25) is 0 Å². The van der Waals surface area contributed by atoms with E-state index < -0.39 is 11.8 Å². The van der Waals surface area contributed by atoms with E-state index in [1.165, 1.54) is 5.56 Å². The number of hydrogen-bond acceptors (Lipinski definition) is 4. The number of aryl methyl sites for hydroxylation is 1. The van der Waals surface area contributed by atoms with E-state index in [1.54, 1.807) is 36.6 Å². The highest BCUT2D eigenvalue weighted by atomic mass is 35.5. The zero-order chi connectivity index (χ0) is 24.5. The van der Waals surface area contributed by atoms with E-state index in [0.29, 0.717) is 5.02 Å². The van der Waals surface area contributed by atoms with E-state index in [9.17, 15) is 9.59 Å². The molecule has 0 fully saturated rings. The molecular weight excluding hydrogens is 448 g/mol. The molecule has 0 radical (unpaired) electrons. The fourth-order valence-corrected chi connectivity index (χ4v) is 3.32. The smallest absolute Gasteiger partial charge is 0.287 e. The number of nitrogens with zero attached hydrogens (tertiary/aromatic N) is 2. The highest BCUT2D eigenvalue weighted by Crippen LogP contribution is 2.17. The molecule has 7 heteroatoms. The minimum Gasteiger partial charge on any atom is -0.378 e. The third-order valence-corrected chi connectivity index (χ3v) is 5.43. The van der Waals surface area contributed by atoms with E-state index in [2.05, 4.69) is 22.8 Å². The molecule has 0 bridgehead atoms. The maximum atomic E-state index is 12.9. The SMILES string of the molecule is CCc1ccc(C=NNC(=O)/C(=C\c2ccc(N(C)C)cc2)NC(=O)c2ccccc2Cl)cc1. The number of nitrogens with one attached hydrogen (secondary N) is 2. The van der Waals surface area contributed by atoms with Crippen molar-refractivity contribution in [3.63, 3.8) is 0 Å². The summed E-state index contributed by atoms with van der Waals surface area (Å²) in [6.45, 7) is 2.09. The first-order valence-corrected chi connectivity index (χ1v) is 11.2. The molecule has 0 atom stereocenters. The van der Waals surface area contributed by atoms with Crippen LogP contribution in [0.1, 0.15) is 34.0 Å². The van der Waals surface area contributed by atoms with Crippen molar-refractivity contribution >= 4 is 41.4 Å². The Labute approximate surface area is 204 Å². The van der Waals surface area contributed by atoms with Crippen molar-refractivity contribution in [3.8, 4) is 0 Å². The largest absolute Gasteiger partial charge is 0.378 e. The van der Waals surface area contributed by atoms with Crippen molar-refractivity contribution in [3.05, 3.63) is 106 Å². The second kappa shape index (κ2) is 11.8. The summed E-state index contributed by atoms with van der Waals surface area (Å²) in [6.07, 6.45) is 4.09. The van der Waals surface area contributed by atoms with E-state index in [0.717, 1.165) is 23.2 Å². The van der Waals surface area contributed by atoms with Gasteiger partial charge in [-0.1, -0.05) is 67.1 Å². The van der Waals surface area contributed by atoms with Gasteiger partial charge >= 0.3 is 0 Å². The van der Waals surface area contributed by atoms with E-state index >= 15 is 0 Å². The van der Waals surface area contributed by atoms with Crippen molar-refractivity contribution in [1.29, 1.82) is 0 Å². The molecule has 0 aromatic heterocycles. The number of hydrazone groups is 1. The first-order chi connectivity index (χ1) is 16.4. The Balaban J connectivity index is 1.82. The molecule has 0 saturated heterocycles. The second-order valence-corrected chi connectivity index (χ2v) is 8.18. The van der Waals surface area contributed by atoms with Crippen LogP contribution in [0.4, 0.5) is 5.69 Å². The average Bonchev–Trinajstić information content (AvgIpc) is 2.84. The lowest BCUT2D eigenvalue weighted by atomic mass is 10.1. The van der Waals surface area contributed by atoms with Gasteiger partial charge in [0.15, 0.2) is 0 Å². The third kappa shape index (κ3) is 6.80. The Bertz CT molecular complexity index is 1200. The Morgan fingerprint density at radius 2 is 1.59 bits per heavy atom. The molecule has 0 aliphatic heterocycles. The monoisotopic (exact) mass is 474 g/mol. The van der Waals surface area contributed by atoms with Crippen LogP contribution in [0.3, 0.4) is 0 Å². The number of benzene rings is 3. The van der Waals surface area contributed by atoms with Crippen molar-refractivity contribution < 1.29 is 9.59 Å². The van der Waals surface area contributed by atoms with Crippen molar-refractivity contribution in [1.82, 2.24) is 10.7 Å². The maximum Gasteiger partial charge on any atom is 0.287 e. The number of halogens is 1. The standard InChI is InChI=1S/C27H27ClN4O2/c1-4-19-9-11-21(12-10-19)18-29-31-27(34)25(17-20-13-15-22(16-14-20)32(2)3)30-26(33)23-7-5-6-8-24(23)28/h5-18H,4H2,1-3H3,(H,30,33)(H,31,34)/b25-17+,29-18?. The van der Waals surface area contributed by atoms with E-state index in [1.807, 2.05) is 67.5 Å². The van der Waals surface area contributed by atoms with Crippen LogP contribution in [-0.2, 0) is 11.2 Å². The average molecular weight is 475 g/mol. The quantitative estimate of drug-likeness (QED) is 0.277. The summed E-state index contributed by atoms with van der Waals surface area (Å²) in [5.41, 5.74) is 6.63. The molecule has 0 aliphatic carbocycles. The number of carbonyl (C=O) groups excluding carboxylic acids is 2. The van der Waals surface area contributed by atoms with Gasteiger partial charge in [-0.15, -0.1) is 0 Å². The summed E-state index contributed by atoms with van der Waals surface area (Å²) in [6, 6.07) is 22.1. The molecule has 2 amide bonds. The summed E-state index contributed by atoms with van der Waals surface area (Å²) in [7, 11) is 3.89. The Morgan fingerprint density at radius 1 is 0.941 bits per heavy atom. The topological polar surface area (TPSA) is 73.8 Å². The fraction of sp³-hybridized carbons (Fsp3) is 0.148. The van der Waals surface area contributed by atoms with Gasteiger partial charge < -0.3 is 10.2 Å². The molecule has 0 aliphatic rings. The summed E-state index contributed by atoms with van der Waals surface area (Å²) in [4.78, 5) is 27.7. The molecule has 3 aromatic rings. The number of rotatable bonds is 8. The van der Waals surface area contributed by atoms with Gasteiger partial charge in [0, 0.05) is 19.8 Å². The number of anilines is 1. The number of amides is 2. The van der Waals surface area contributed by atoms with Gasteiger partial charge in [-0.3, -0.25) is 9.59 Å². The zero-order valence-electron chi connectivity index (χ0n) is 19.4. The van der Waals surface area contributed by atoms with Gasteiger partial charge in [-0.05, 0) is 53.5 Å². The van der Waals surface area contributed by atoms with Gasteiger partial charge in [0.1, 0.15) is 5.70 Å². The predicted molar refractivity (Wildman–Crippen MR) is 139 cm³/mol. The van der Waals surface area contributed by atoms with Crippen molar-refractivity contribution in [2.45, 2.75) is 13.3 Å². The summed E-state index contributed by atoms with van der Waals surface area (Å²) >= 11 is 6.15. The third-order valence-electron chi connectivity index (χ3n) is 5.10. The van der Waals surface area contributed by atoms with Gasteiger partial charge in [0.05, 0.1) is 16.8 Å². The minimum absolute atomic E-state index is 0.0426. The molecular formula is C27H27ClN4O2. The maximum absolute atomic E-state index is 12.9. The summed E-state index contributed by atoms with van der Waals surface area (Å²) < 4.78 is 0. The summed E-state index contributed by atoms with van der Waals surface area (Å²) in [5, 5.41) is 7.00. The lowest BCUT2D eigenvalue weighted by Crippen LogP contribution is -2.33. The van der Waals surface area contributed by atoms with Crippen LogP contribution in [0.5, 0.6) is 0 Å². The van der Waals surface area contributed by atoms with Crippen LogP contribution in [0.2, 0.25) is 5.02 Å². The molecule has 0 heterocycles. The highest BCUT2D eigenvalue weighted by Gasteiger charge is 2.16. The second-order valence-electron chi connectivity index (χ2n) is 7.77. The van der Waals surface area contributed by atoms with Crippen LogP contribution in [0.15, 0.2) is 83.6 Å². The normalized spacial score (nSPS) is 11.4. The Kier molecular flexibility index (Phi) is 8.60. The molecule has 0 saturated carbocycles. The highest BCUT2D eigenvalue weighted by molar-refractivity contribution is 6.34. The summed E-state index contributed by atoms with van der Waals surface area (Å²) in [5.74, 6) is -1.05. The molecule has 3 aromatic carbocycles. The van der Waals surface area contributed by atoms with Gasteiger partial charge in [-0.2, -0.15) is 5.10 Å². The molecule has 3 rings (SSSR count). The van der Waals surface area contributed by atoms with Gasteiger partial charge in [-0.25, -0.2) is 5.43 Å². The first-order valence-electron chi connectivity index (χ1n) is 10.8. The van der Waals surface area contributed by atoms with Crippen LogP contribution >= 0.6 is 11.6 Å². The zero-order valence-corrected chi connectivity index (χ0v) is 20.1. The van der Waals surface area contributed by atoms with Crippen LogP contribution in [0, 0.1) is 0 Å². The van der Waals surface area contributed by atoms with Crippen LogP contribution in [0.25, 0.3) is 6.08 Å². The molecule has 0 spiro atoms. The number of hydrogen-bond donors (Lipinski definition) is 2. The minimum atomic E-state index is -0.557. The lowest BCUT2D eigenvalue weighted by molar-refractivity contribution is -0.117. The van der Waals surface area contributed by atoms with Crippen LogP contribution < -0.4 is 15.6 Å². The van der Waals surface area contributed by atoms with E-state index in [4.69, 9.17) is 11.6 Å². The fourth-order valence-electron chi connectivity index (χ4n) is 3.09. The number of carbonyl (C=O) groups is 2. The molecule has 34 heavy (non-hydrogen) atoms. The van der Waals surface area contributed by atoms with Crippen molar-refractivity contribution in [2.24, 2.45) is 5.10 Å². The molecule has 0 unspecified atom stereocenters. The van der Waals surface area contributed by atoms with Crippen LogP contribution in [-0.4, -0.2) is 32.1 Å². The van der Waals surface area contributed by atoms with Crippen molar-refractivity contribution in [2.75, 3.05) is 19.0 Å². The molecule has 174 valence electrons. The molecule has 2 N–H and O–H groups in total. The van der Waals surface area contributed by atoms with E-state index in [-0.39, 0.29) is 11.3 Å². The first kappa shape index (κ1) is 24.7. The lowest BCUT2D eigenvalue weighted by Gasteiger charge is -2.13. The Hall–Kier alpha value is -3.90.